The van der Waals surface area contributed by atoms with Gasteiger partial charge in [-0.25, -0.2) is 15.0 Å². The molecule has 11 aromatic rings. The molecule has 11 rings (SSSR count). The highest BCUT2D eigenvalue weighted by atomic mass is 32.1. The van der Waals surface area contributed by atoms with Gasteiger partial charge in [-0.15, -0.1) is 11.3 Å². The Morgan fingerprint density at radius 3 is 2.02 bits per heavy atom. The number of benzene rings is 7. The van der Waals surface area contributed by atoms with Crippen molar-refractivity contribution in [3.05, 3.63) is 164 Å². The summed E-state index contributed by atoms with van der Waals surface area (Å²) in [5.41, 5.74) is 10.7. The van der Waals surface area contributed by atoms with Gasteiger partial charge in [0.05, 0.1) is 21.4 Å². The first-order chi connectivity index (χ1) is 25.8. The molecule has 52 heavy (non-hydrogen) atoms. The lowest BCUT2D eigenvalue weighted by Gasteiger charge is -2.11. The fourth-order valence-corrected chi connectivity index (χ4v) is 8.74. The Balaban J connectivity index is 1.06. The molecule has 7 aromatic carbocycles. The van der Waals surface area contributed by atoms with Gasteiger partial charge in [0.15, 0.2) is 11.4 Å². The van der Waals surface area contributed by atoms with E-state index in [4.69, 9.17) is 19.4 Å². The van der Waals surface area contributed by atoms with E-state index in [1.165, 1.54) is 10.1 Å². The second-order valence-electron chi connectivity index (χ2n) is 13.1. The molecule has 4 aromatic heterocycles. The molecule has 242 valence electrons. The molecule has 5 heteroatoms. The lowest BCUT2D eigenvalue weighted by atomic mass is 9.97. The van der Waals surface area contributed by atoms with Gasteiger partial charge in [0, 0.05) is 48.3 Å². The van der Waals surface area contributed by atoms with E-state index in [1.54, 1.807) is 11.3 Å². The summed E-state index contributed by atoms with van der Waals surface area (Å²) in [5, 5.41) is 6.76. The smallest absolute Gasteiger partial charge is 0.162 e. The summed E-state index contributed by atoms with van der Waals surface area (Å²) in [6, 6.07) is 57.2. The summed E-state index contributed by atoms with van der Waals surface area (Å²) in [6.45, 7) is 0. The van der Waals surface area contributed by atoms with Crippen molar-refractivity contribution in [3.8, 4) is 45.0 Å². The zero-order valence-corrected chi connectivity index (χ0v) is 28.6. The zero-order chi connectivity index (χ0) is 34.2. The Labute approximate surface area is 302 Å². The number of para-hydroxylation sites is 1. The molecule has 4 heterocycles. The third kappa shape index (κ3) is 4.50. The molecule has 0 amide bonds. The molecule has 0 saturated heterocycles. The van der Waals surface area contributed by atoms with Crippen LogP contribution in [-0.2, 0) is 0 Å². The van der Waals surface area contributed by atoms with Crippen molar-refractivity contribution >= 4 is 75.3 Å². The van der Waals surface area contributed by atoms with Crippen LogP contribution in [0.1, 0.15) is 0 Å². The van der Waals surface area contributed by atoms with E-state index in [-0.39, 0.29) is 0 Å². The van der Waals surface area contributed by atoms with E-state index in [1.807, 2.05) is 30.3 Å². The predicted molar refractivity (Wildman–Crippen MR) is 217 cm³/mol. The van der Waals surface area contributed by atoms with Crippen LogP contribution in [0.25, 0.3) is 109 Å². The molecule has 0 aliphatic carbocycles. The van der Waals surface area contributed by atoms with E-state index >= 15 is 0 Å². The van der Waals surface area contributed by atoms with Crippen molar-refractivity contribution < 1.29 is 4.42 Å². The average molecular weight is 682 g/mol. The highest BCUT2D eigenvalue weighted by Gasteiger charge is 2.20. The topological polar surface area (TPSA) is 51.8 Å². The van der Waals surface area contributed by atoms with Gasteiger partial charge >= 0.3 is 0 Å². The van der Waals surface area contributed by atoms with Crippen molar-refractivity contribution in [2.45, 2.75) is 0 Å². The first kappa shape index (κ1) is 29.1. The number of aromatic nitrogens is 3. The molecule has 0 aliphatic rings. The van der Waals surface area contributed by atoms with Gasteiger partial charge in [-0.1, -0.05) is 146 Å². The number of thiophene rings is 1. The first-order valence-electron chi connectivity index (χ1n) is 17.4. The van der Waals surface area contributed by atoms with Gasteiger partial charge in [0.2, 0.25) is 0 Å². The van der Waals surface area contributed by atoms with Gasteiger partial charge in [-0.2, -0.15) is 0 Å². The second kappa shape index (κ2) is 11.4. The van der Waals surface area contributed by atoms with Gasteiger partial charge in [0.1, 0.15) is 11.3 Å². The summed E-state index contributed by atoms with van der Waals surface area (Å²) < 4.78 is 8.90. The van der Waals surface area contributed by atoms with Crippen LogP contribution in [0.2, 0.25) is 0 Å². The third-order valence-electron chi connectivity index (χ3n) is 10.1. The van der Waals surface area contributed by atoms with Crippen molar-refractivity contribution in [2.75, 3.05) is 0 Å². The van der Waals surface area contributed by atoms with Gasteiger partial charge in [0.25, 0.3) is 0 Å². The quantitative estimate of drug-likeness (QED) is 0.174. The Morgan fingerprint density at radius 1 is 0.423 bits per heavy atom. The molecule has 0 unspecified atom stereocenters. The Kier molecular flexibility index (Phi) is 6.39. The maximum atomic E-state index is 6.59. The second-order valence-corrected chi connectivity index (χ2v) is 14.2. The van der Waals surface area contributed by atoms with Crippen LogP contribution >= 0.6 is 11.3 Å². The fourth-order valence-electron chi connectivity index (χ4n) is 7.58. The van der Waals surface area contributed by atoms with Crippen LogP contribution in [0.4, 0.5) is 0 Å². The number of hydrogen-bond donors (Lipinski definition) is 0. The number of hydrogen-bond acceptors (Lipinski definition) is 5. The lowest BCUT2D eigenvalue weighted by molar-refractivity contribution is 0.669. The van der Waals surface area contributed by atoms with Gasteiger partial charge in [-0.3, -0.25) is 0 Å². The number of fused-ring (bicyclic) bond motifs is 10. The van der Waals surface area contributed by atoms with E-state index in [9.17, 15) is 0 Å². The molecule has 0 aliphatic heterocycles. The van der Waals surface area contributed by atoms with Crippen LogP contribution in [0.3, 0.4) is 0 Å². The normalized spacial score (nSPS) is 11.8. The van der Waals surface area contributed by atoms with Crippen LogP contribution in [0.15, 0.2) is 168 Å². The van der Waals surface area contributed by atoms with E-state index in [2.05, 4.69) is 133 Å². The average Bonchev–Trinajstić information content (AvgIpc) is 3.80. The number of furan rings is 1. The molecule has 0 atom stereocenters. The highest BCUT2D eigenvalue weighted by Crippen LogP contribution is 2.43. The van der Waals surface area contributed by atoms with Crippen LogP contribution in [-0.4, -0.2) is 15.0 Å². The van der Waals surface area contributed by atoms with Gasteiger partial charge in [-0.05, 0) is 34.7 Å². The van der Waals surface area contributed by atoms with Crippen LogP contribution in [0, 0.1) is 0 Å². The number of nitrogens with zero attached hydrogens (tertiary/aromatic N) is 3. The van der Waals surface area contributed by atoms with Crippen molar-refractivity contribution in [1.29, 1.82) is 0 Å². The van der Waals surface area contributed by atoms with E-state index in [0.29, 0.717) is 0 Å². The van der Waals surface area contributed by atoms with E-state index < -0.39 is 0 Å². The van der Waals surface area contributed by atoms with Crippen molar-refractivity contribution in [3.63, 3.8) is 0 Å². The first-order valence-corrected chi connectivity index (χ1v) is 18.2. The molecular weight excluding hydrogens is 655 g/mol. The SMILES string of the molecule is c1ccc(-c2nc(-c3ccc(-c4cccc(-c5nc6c7ccccc7ccc6c6c5oc5ccccc56)c4)cc3)c3sc4ccccc4c3n2)cc1. The Hall–Kier alpha value is -6.69. The minimum atomic E-state index is 0.732. The molecule has 0 spiro atoms. The lowest BCUT2D eigenvalue weighted by Crippen LogP contribution is -1.93. The summed E-state index contributed by atoms with van der Waals surface area (Å²) in [4.78, 5) is 15.6. The van der Waals surface area contributed by atoms with Crippen molar-refractivity contribution in [1.82, 2.24) is 15.0 Å². The Bertz CT molecular complexity index is 3180. The maximum absolute atomic E-state index is 6.59. The molecule has 0 bridgehead atoms. The molecule has 4 nitrogen and oxygen atoms in total. The summed E-state index contributed by atoms with van der Waals surface area (Å²) >= 11 is 1.75. The minimum Gasteiger partial charge on any atom is -0.454 e. The van der Waals surface area contributed by atoms with Crippen LogP contribution in [0.5, 0.6) is 0 Å². The highest BCUT2D eigenvalue weighted by molar-refractivity contribution is 7.26. The molecule has 0 N–H and O–H groups in total. The van der Waals surface area contributed by atoms with E-state index in [0.717, 1.165) is 98.9 Å². The summed E-state index contributed by atoms with van der Waals surface area (Å²) in [6.07, 6.45) is 0. The largest absolute Gasteiger partial charge is 0.454 e. The molecule has 0 saturated carbocycles. The minimum absolute atomic E-state index is 0.732. The molecule has 0 radical (unpaired) electrons. The number of rotatable bonds is 4. The maximum Gasteiger partial charge on any atom is 0.162 e. The zero-order valence-electron chi connectivity index (χ0n) is 27.7. The third-order valence-corrected chi connectivity index (χ3v) is 11.3. The van der Waals surface area contributed by atoms with Crippen molar-refractivity contribution in [2.24, 2.45) is 0 Å². The monoisotopic (exact) mass is 681 g/mol. The molecular formula is C47H27N3OS. The Morgan fingerprint density at radius 2 is 1.13 bits per heavy atom. The predicted octanol–water partition coefficient (Wildman–Crippen LogP) is 13.1. The fraction of sp³-hybridized carbons (Fsp3) is 0. The summed E-state index contributed by atoms with van der Waals surface area (Å²) in [7, 11) is 0. The number of pyridine rings is 1. The standard InChI is InChI=1S/C47H27N3OS/c1-2-12-31(13-3-1)47-49-42(46-44(50-47)36-18-7-9-20-39(36)52-46)30-23-21-28(22-24-30)32-14-10-15-33(27-32)41-45-40(35-17-6-8-19-38(35)51-45)37-26-25-29-11-4-5-16-34(29)43(37)48-41/h1-27H. The van der Waals surface area contributed by atoms with Crippen LogP contribution < -0.4 is 0 Å². The molecule has 0 fully saturated rings. The van der Waals surface area contributed by atoms with Gasteiger partial charge < -0.3 is 4.42 Å². The summed E-state index contributed by atoms with van der Waals surface area (Å²) in [5.74, 6) is 0.732.